The second kappa shape index (κ2) is 7.87. The maximum atomic E-state index is 11.6. The Bertz CT molecular complexity index is 372. The first kappa shape index (κ1) is 14.7. The Kier molecular flexibility index (Phi) is 6.43. The van der Waals surface area contributed by atoms with Gasteiger partial charge >= 0.3 is 0 Å². The fraction of sp³-hybridized carbons (Fsp3) is 0.538. The van der Waals surface area contributed by atoms with E-state index in [2.05, 4.69) is 10.6 Å². The normalized spacial score (nSPS) is 10.4. The highest BCUT2D eigenvalue weighted by atomic mass is 32.1. The number of hydrogen-bond donors (Lipinski definition) is 2. The first-order chi connectivity index (χ1) is 8.67. The van der Waals surface area contributed by atoms with Crippen molar-refractivity contribution in [2.24, 2.45) is 0 Å². The molecule has 1 heterocycles. The summed E-state index contributed by atoms with van der Waals surface area (Å²) >= 11 is 1.40. The van der Waals surface area contributed by atoms with Crippen LogP contribution < -0.4 is 10.6 Å². The van der Waals surface area contributed by atoms with Gasteiger partial charge in [0.2, 0.25) is 5.91 Å². The van der Waals surface area contributed by atoms with Gasteiger partial charge in [0.15, 0.2) is 0 Å². The van der Waals surface area contributed by atoms with E-state index in [0.717, 1.165) is 12.8 Å². The van der Waals surface area contributed by atoms with Crippen molar-refractivity contribution in [2.75, 3.05) is 6.54 Å². The minimum absolute atomic E-state index is 0.00446. The van der Waals surface area contributed by atoms with Crippen LogP contribution in [-0.2, 0) is 4.79 Å². The van der Waals surface area contributed by atoms with E-state index >= 15 is 0 Å². The van der Waals surface area contributed by atoms with Gasteiger partial charge in [0.1, 0.15) is 0 Å². The Hall–Kier alpha value is -1.36. The number of carbonyl (C=O) groups excluding carboxylic acids is 2. The largest absolute Gasteiger partial charge is 0.353 e. The molecule has 0 saturated heterocycles. The number of nitrogens with one attached hydrogen (secondary N) is 2. The molecule has 0 aliphatic carbocycles. The average molecular weight is 268 g/mol. The number of hydrogen-bond acceptors (Lipinski definition) is 3. The molecule has 0 unspecified atom stereocenters. The Balaban J connectivity index is 2.21. The SMILES string of the molecule is CCC(CC)NC(=O)CCNC(=O)c1cccs1. The first-order valence-corrected chi connectivity index (χ1v) is 7.16. The molecule has 1 aromatic rings. The van der Waals surface area contributed by atoms with Gasteiger partial charge in [0.25, 0.3) is 5.91 Å². The quantitative estimate of drug-likeness (QED) is 0.796. The van der Waals surface area contributed by atoms with E-state index < -0.39 is 0 Å². The third kappa shape index (κ3) is 4.87. The van der Waals surface area contributed by atoms with E-state index in [1.807, 2.05) is 25.3 Å². The van der Waals surface area contributed by atoms with Crippen LogP contribution in [0.5, 0.6) is 0 Å². The minimum atomic E-state index is -0.111. The van der Waals surface area contributed by atoms with Gasteiger partial charge in [0.05, 0.1) is 4.88 Å². The molecule has 0 radical (unpaired) electrons. The van der Waals surface area contributed by atoms with Gasteiger partial charge in [-0.05, 0) is 24.3 Å². The zero-order valence-corrected chi connectivity index (χ0v) is 11.7. The van der Waals surface area contributed by atoms with Crippen molar-refractivity contribution in [2.45, 2.75) is 39.2 Å². The second-order valence-corrected chi connectivity index (χ2v) is 5.01. The molecule has 18 heavy (non-hydrogen) atoms. The lowest BCUT2D eigenvalue weighted by Gasteiger charge is -2.14. The van der Waals surface area contributed by atoms with Gasteiger partial charge < -0.3 is 10.6 Å². The van der Waals surface area contributed by atoms with Crippen LogP contribution in [0.2, 0.25) is 0 Å². The molecule has 0 fully saturated rings. The van der Waals surface area contributed by atoms with Crippen molar-refractivity contribution in [3.63, 3.8) is 0 Å². The van der Waals surface area contributed by atoms with Crippen LogP contribution in [0.3, 0.4) is 0 Å². The molecule has 2 N–H and O–H groups in total. The van der Waals surface area contributed by atoms with Crippen molar-refractivity contribution in [1.29, 1.82) is 0 Å². The highest BCUT2D eigenvalue weighted by Crippen LogP contribution is 2.07. The summed E-state index contributed by atoms with van der Waals surface area (Å²) in [5.41, 5.74) is 0. The lowest BCUT2D eigenvalue weighted by atomic mass is 10.1. The Morgan fingerprint density at radius 2 is 2.06 bits per heavy atom. The van der Waals surface area contributed by atoms with Crippen LogP contribution in [0, 0.1) is 0 Å². The van der Waals surface area contributed by atoms with Crippen molar-refractivity contribution in [1.82, 2.24) is 10.6 Å². The number of carbonyl (C=O) groups is 2. The molecule has 0 atom stereocenters. The van der Waals surface area contributed by atoms with Gasteiger partial charge in [-0.1, -0.05) is 19.9 Å². The predicted octanol–water partition coefficient (Wildman–Crippen LogP) is 2.17. The van der Waals surface area contributed by atoms with Gasteiger partial charge in [-0.3, -0.25) is 9.59 Å². The third-order valence-corrected chi connectivity index (χ3v) is 3.60. The smallest absolute Gasteiger partial charge is 0.261 e. The fourth-order valence-corrected chi connectivity index (χ4v) is 2.22. The Morgan fingerprint density at radius 3 is 2.61 bits per heavy atom. The van der Waals surface area contributed by atoms with Crippen molar-refractivity contribution in [3.05, 3.63) is 22.4 Å². The number of amides is 2. The summed E-state index contributed by atoms with van der Waals surface area (Å²) in [5, 5.41) is 7.53. The monoisotopic (exact) mass is 268 g/mol. The number of rotatable bonds is 7. The summed E-state index contributed by atoms with van der Waals surface area (Å²) < 4.78 is 0. The zero-order valence-electron chi connectivity index (χ0n) is 10.9. The van der Waals surface area contributed by atoms with Gasteiger partial charge in [-0.15, -0.1) is 11.3 Å². The van der Waals surface area contributed by atoms with Crippen LogP contribution in [0.15, 0.2) is 17.5 Å². The molecule has 4 nitrogen and oxygen atoms in total. The van der Waals surface area contributed by atoms with Gasteiger partial charge in [0, 0.05) is 19.0 Å². The van der Waals surface area contributed by atoms with Gasteiger partial charge in [-0.25, -0.2) is 0 Å². The third-order valence-electron chi connectivity index (χ3n) is 2.73. The molecule has 100 valence electrons. The second-order valence-electron chi connectivity index (χ2n) is 4.06. The zero-order chi connectivity index (χ0) is 13.4. The van der Waals surface area contributed by atoms with Crippen LogP contribution in [0.25, 0.3) is 0 Å². The van der Waals surface area contributed by atoms with Crippen LogP contribution in [0.4, 0.5) is 0 Å². The number of thiophene rings is 1. The standard InChI is InChI=1S/C13H20N2O2S/c1-3-10(4-2)15-12(16)7-8-14-13(17)11-6-5-9-18-11/h5-6,9-10H,3-4,7-8H2,1-2H3,(H,14,17)(H,15,16). The maximum absolute atomic E-state index is 11.6. The molecule has 1 rings (SSSR count). The summed E-state index contributed by atoms with van der Waals surface area (Å²) in [7, 11) is 0. The molecule has 5 heteroatoms. The fourth-order valence-electron chi connectivity index (χ4n) is 1.58. The summed E-state index contributed by atoms with van der Waals surface area (Å²) in [5.74, 6) is -0.115. The van der Waals surface area contributed by atoms with E-state index in [4.69, 9.17) is 0 Å². The summed E-state index contributed by atoms with van der Waals surface area (Å²) in [4.78, 5) is 23.8. The molecule has 2 amide bonds. The maximum Gasteiger partial charge on any atom is 0.261 e. The molecule has 0 bridgehead atoms. The topological polar surface area (TPSA) is 58.2 Å². The average Bonchev–Trinajstić information content (AvgIpc) is 2.89. The minimum Gasteiger partial charge on any atom is -0.353 e. The lowest BCUT2D eigenvalue weighted by molar-refractivity contribution is -0.121. The van der Waals surface area contributed by atoms with E-state index in [-0.39, 0.29) is 17.9 Å². The molecular formula is C13H20N2O2S. The highest BCUT2D eigenvalue weighted by molar-refractivity contribution is 7.12. The van der Waals surface area contributed by atoms with E-state index in [0.29, 0.717) is 17.8 Å². The van der Waals surface area contributed by atoms with E-state index in [1.54, 1.807) is 6.07 Å². The Labute approximate surface area is 112 Å². The lowest BCUT2D eigenvalue weighted by Crippen LogP contribution is -2.36. The molecular weight excluding hydrogens is 248 g/mol. The molecule has 0 spiro atoms. The molecule has 0 aliphatic heterocycles. The van der Waals surface area contributed by atoms with Crippen LogP contribution in [-0.4, -0.2) is 24.4 Å². The van der Waals surface area contributed by atoms with E-state index in [9.17, 15) is 9.59 Å². The predicted molar refractivity (Wildman–Crippen MR) is 73.8 cm³/mol. The molecule has 0 aromatic carbocycles. The summed E-state index contributed by atoms with van der Waals surface area (Å²) in [6.45, 7) is 4.47. The van der Waals surface area contributed by atoms with Crippen molar-refractivity contribution < 1.29 is 9.59 Å². The van der Waals surface area contributed by atoms with Crippen LogP contribution in [0.1, 0.15) is 42.8 Å². The Morgan fingerprint density at radius 1 is 1.33 bits per heavy atom. The van der Waals surface area contributed by atoms with Crippen LogP contribution >= 0.6 is 11.3 Å². The molecule has 1 aromatic heterocycles. The van der Waals surface area contributed by atoms with Gasteiger partial charge in [-0.2, -0.15) is 0 Å². The molecule has 0 aliphatic rings. The van der Waals surface area contributed by atoms with Crippen molar-refractivity contribution in [3.8, 4) is 0 Å². The molecule has 0 saturated carbocycles. The van der Waals surface area contributed by atoms with Crippen molar-refractivity contribution >= 4 is 23.2 Å². The first-order valence-electron chi connectivity index (χ1n) is 6.28. The summed E-state index contributed by atoms with van der Waals surface area (Å²) in [6, 6.07) is 3.84. The van der Waals surface area contributed by atoms with E-state index in [1.165, 1.54) is 11.3 Å². The summed E-state index contributed by atoms with van der Waals surface area (Å²) in [6.07, 6.45) is 2.20. The highest BCUT2D eigenvalue weighted by Gasteiger charge is 2.09.